The van der Waals surface area contributed by atoms with E-state index in [1.165, 1.54) is 28.0 Å². The number of amides is 3. The van der Waals surface area contributed by atoms with Crippen molar-refractivity contribution in [1.82, 2.24) is 14.5 Å². The molecule has 3 fully saturated rings. The summed E-state index contributed by atoms with van der Waals surface area (Å²) in [7, 11) is -3.86. The standard InChI is InChI=1S/C39H45F2N3O7S/c1-24-14-25(17-29(40)15-24)16-26-8-5-3-2-4-6-10-28-19-39(28,37(47)42-52(49,50)31-12-13-31)20-35(45)34-18-30(22-44(34)36(26)46)51-38(48)43-21-27-9-7-11-33(41)32(27)23-43/h6-7,9-11,14-15,17,26,28,30-31,34H,2-5,8,12-13,16,18-23H2,1H3,(H,42,47)/b10-6-/t26-,28-,30-,34+,39-/m1/s1. The van der Waals surface area contributed by atoms with Crippen LogP contribution >= 0.6 is 0 Å². The molecule has 1 N–H and O–H groups in total. The molecule has 3 aliphatic heterocycles. The Hall–Kier alpha value is -4.13. The van der Waals surface area contributed by atoms with Crippen molar-refractivity contribution in [2.75, 3.05) is 6.54 Å². The van der Waals surface area contributed by atoms with Crippen molar-refractivity contribution >= 4 is 33.7 Å². The smallest absolute Gasteiger partial charge is 0.410 e. The molecule has 2 saturated carbocycles. The van der Waals surface area contributed by atoms with Gasteiger partial charge in [-0.05, 0) is 92.7 Å². The molecule has 7 rings (SSSR count). The quantitative estimate of drug-likeness (QED) is 0.380. The molecule has 2 aliphatic carbocycles. The average Bonchev–Trinajstić information content (AvgIpc) is 3.97. The number of carbonyl (C=O) groups is 4. The Morgan fingerprint density at radius 2 is 1.85 bits per heavy atom. The van der Waals surface area contributed by atoms with Crippen LogP contribution in [-0.4, -0.2) is 65.8 Å². The van der Waals surface area contributed by atoms with Gasteiger partial charge in [0, 0.05) is 30.9 Å². The first-order valence-electron chi connectivity index (χ1n) is 18.4. The molecule has 5 aliphatic rings. The van der Waals surface area contributed by atoms with Crippen molar-refractivity contribution in [2.24, 2.45) is 17.3 Å². The van der Waals surface area contributed by atoms with Gasteiger partial charge in [-0.1, -0.05) is 43.2 Å². The molecule has 2 aromatic carbocycles. The summed E-state index contributed by atoms with van der Waals surface area (Å²) in [5, 5.41) is -0.615. The van der Waals surface area contributed by atoms with E-state index >= 15 is 0 Å². The molecule has 0 radical (unpaired) electrons. The van der Waals surface area contributed by atoms with E-state index in [4.69, 9.17) is 4.74 Å². The predicted molar refractivity (Wildman–Crippen MR) is 187 cm³/mol. The van der Waals surface area contributed by atoms with Gasteiger partial charge in [-0.25, -0.2) is 22.0 Å². The van der Waals surface area contributed by atoms with Crippen molar-refractivity contribution in [1.29, 1.82) is 0 Å². The third-order valence-corrected chi connectivity index (χ3v) is 13.2. The van der Waals surface area contributed by atoms with Gasteiger partial charge in [-0.15, -0.1) is 0 Å². The first-order chi connectivity index (χ1) is 24.8. The molecule has 0 spiro atoms. The van der Waals surface area contributed by atoms with Gasteiger partial charge in [0.25, 0.3) is 0 Å². The third-order valence-electron chi connectivity index (χ3n) is 11.4. The SMILES string of the molecule is Cc1cc(F)cc(C[C@H]2CCCCC/C=C\[C@@H]3C[C@@]3(C(=O)NS(=O)(=O)C3CC3)CC(=O)[C@@H]3C[C@@H](OC(=O)N4Cc5cccc(F)c5C4)CN3C2=O)c1. The first-order valence-corrected chi connectivity index (χ1v) is 19.9. The molecule has 1 saturated heterocycles. The lowest BCUT2D eigenvalue weighted by Crippen LogP contribution is -2.46. The van der Waals surface area contributed by atoms with Gasteiger partial charge in [-0.2, -0.15) is 0 Å². The molecule has 0 unspecified atom stereocenters. The van der Waals surface area contributed by atoms with Crippen molar-refractivity contribution in [3.05, 3.63) is 82.4 Å². The molecule has 278 valence electrons. The fraction of sp³-hybridized carbons (Fsp3) is 0.538. The highest BCUT2D eigenvalue weighted by Crippen LogP contribution is 2.57. The molecule has 3 amide bonds. The molecule has 2 aromatic rings. The molecular weight excluding hydrogens is 693 g/mol. The number of Topliss-reactive ketones (excluding diaryl/α,β-unsaturated/α-hetero) is 1. The molecule has 52 heavy (non-hydrogen) atoms. The first kappa shape index (κ1) is 36.2. The molecule has 0 bridgehead atoms. The van der Waals surface area contributed by atoms with Crippen LogP contribution < -0.4 is 4.72 Å². The summed E-state index contributed by atoms with van der Waals surface area (Å²) in [6.45, 7) is 1.92. The summed E-state index contributed by atoms with van der Waals surface area (Å²) >= 11 is 0. The van der Waals surface area contributed by atoms with Crippen LogP contribution in [-0.2, 0) is 48.7 Å². The Kier molecular flexibility index (Phi) is 10.0. The van der Waals surface area contributed by atoms with Crippen molar-refractivity contribution in [3.8, 4) is 0 Å². The fourth-order valence-corrected chi connectivity index (χ4v) is 9.65. The minimum atomic E-state index is -3.86. The summed E-state index contributed by atoms with van der Waals surface area (Å²) in [5.41, 5.74) is 1.21. The molecule has 13 heteroatoms. The second kappa shape index (κ2) is 14.4. The minimum absolute atomic E-state index is 0.00413. The number of allylic oxidation sites excluding steroid dienone is 2. The number of rotatable bonds is 6. The van der Waals surface area contributed by atoms with Gasteiger partial charge in [0.1, 0.15) is 17.7 Å². The van der Waals surface area contributed by atoms with E-state index in [0.29, 0.717) is 42.4 Å². The van der Waals surface area contributed by atoms with E-state index in [-0.39, 0.29) is 50.7 Å². The zero-order chi connectivity index (χ0) is 36.8. The Morgan fingerprint density at radius 3 is 2.60 bits per heavy atom. The highest BCUT2D eigenvalue weighted by Gasteiger charge is 2.61. The lowest BCUT2D eigenvalue weighted by Gasteiger charge is -2.29. The number of aryl methyl sites for hydroxylation is 1. The van der Waals surface area contributed by atoms with Crippen LogP contribution in [0.4, 0.5) is 13.6 Å². The van der Waals surface area contributed by atoms with Crippen LogP contribution in [0.15, 0.2) is 48.6 Å². The summed E-state index contributed by atoms with van der Waals surface area (Å²) in [5.74, 6) is -3.16. The van der Waals surface area contributed by atoms with E-state index < -0.39 is 68.2 Å². The van der Waals surface area contributed by atoms with Gasteiger partial charge in [0.15, 0.2) is 5.78 Å². The fourth-order valence-electron chi connectivity index (χ4n) is 8.26. The molecular formula is C39H45F2N3O7S. The highest BCUT2D eigenvalue weighted by molar-refractivity contribution is 7.90. The number of hydrogen-bond donors (Lipinski definition) is 1. The maximum Gasteiger partial charge on any atom is 0.410 e. The summed E-state index contributed by atoms with van der Waals surface area (Å²) < 4.78 is 62.6. The lowest BCUT2D eigenvalue weighted by atomic mass is 9.89. The number of nitrogens with one attached hydrogen (secondary N) is 1. The highest BCUT2D eigenvalue weighted by atomic mass is 32.2. The molecule has 10 nitrogen and oxygen atoms in total. The Morgan fingerprint density at radius 1 is 1.04 bits per heavy atom. The van der Waals surface area contributed by atoms with E-state index in [1.807, 2.05) is 18.2 Å². The van der Waals surface area contributed by atoms with E-state index in [2.05, 4.69) is 4.72 Å². The Balaban J connectivity index is 1.16. The van der Waals surface area contributed by atoms with Crippen LogP contribution in [0.2, 0.25) is 0 Å². The van der Waals surface area contributed by atoms with Crippen molar-refractivity contribution in [2.45, 2.75) is 108 Å². The number of ether oxygens (including phenoxy) is 1. The monoisotopic (exact) mass is 737 g/mol. The zero-order valence-corrected chi connectivity index (χ0v) is 30.1. The largest absolute Gasteiger partial charge is 0.444 e. The predicted octanol–water partition coefficient (Wildman–Crippen LogP) is 5.65. The zero-order valence-electron chi connectivity index (χ0n) is 29.3. The third kappa shape index (κ3) is 7.65. The van der Waals surface area contributed by atoms with E-state index in [0.717, 1.165) is 31.2 Å². The van der Waals surface area contributed by atoms with Gasteiger partial charge >= 0.3 is 6.09 Å². The summed E-state index contributed by atoms with van der Waals surface area (Å²) in [6.07, 6.45) is 7.20. The second-order valence-corrected chi connectivity index (χ2v) is 17.3. The Labute approximate surface area is 303 Å². The van der Waals surface area contributed by atoms with Crippen LogP contribution in [0.1, 0.15) is 86.5 Å². The molecule has 0 aromatic heterocycles. The lowest BCUT2D eigenvalue weighted by molar-refractivity contribution is -0.142. The topological polar surface area (TPSA) is 130 Å². The maximum atomic E-state index is 14.5. The van der Waals surface area contributed by atoms with Gasteiger partial charge in [0.05, 0.1) is 29.8 Å². The number of sulfonamides is 1. The van der Waals surface area contributed by atoms with Gasteiger partial charge in [0.2, 0.25) is 21.8 Å². The Bertz CT molecular complexity index is 1890. The van der Waals surface area contributed by atoms with E-state index in [1.54, 1.807) is 19.1 Å². The maximum absolute atomic E-state index is 14.5. The van der Waals surface area contributed by atoms with Crippen molar-refractivity contribution in [3.63, 3.8) is 0 Å². The van der Waals surface area contributed by atoms with Gasteiger partial charge < -0.3 is 9.64 Å². The van der Waals surface area contributed by atoms with Crippen LogP contribution in [0.25, 0.3) is 0 Å². The number of halogens is 2. The molecule has 5 atom stereocenters. The number of fused-ring (bicyclic) bond motifs is 3. The summed E-state index contributed by atoms with van der Waals surface area (Å²) in [6, 6.07) is 8.31. The number of ketones is 1. The second-order valence-electron chi connectivity index (χ2n) is 15.4. The van der Waals surface area contributed by atoms with Crippen LogP contribution in [0, 0.1) is 35.8 Å². The normalized spacial score (nSPS) is 28.6. The van der Waals surface area contributed by atoms with Gasteiger partial charge in [-0.3, -0.25) is 24.0 Å². The number of hydrogen-bond acceptors (Lipinski definition) is 7. The van der Waals surface area contributed by atoms with Crippen LogP contribution in [0.3, 0.4) is 0 Å². The summed E-state index contributed by atoms with van der Waals surface area (Å²) in [4.78, 5) is 58.9. The van der Waals surface area contributed by atoms with Crippen molar-refractivity contribution < 1.29 is 41.1 Å². The number of carbonyl (C=O) groups excluding carboxylic acids is 4. The number of benzene rings is 2. The molecule has 3 heterocycles. The van der Waals surface area contributed by atoms with Crippen LogP contribution in [0.5, 0.6) is 0 Å². The minimum Gasteiger partial charge on any atom is -0.444 e. The number of nitrogens with zero attached hydrogens (tertiary/aromatic N) is 2. The van der Waals surface area contributed by atoms with E-state index in [9.17, 15) is 36.4 Å². The average molecular weight is 738 g/mol.